The number of hydrogen-bond acceptors (Lipinski definition) is 4. The molecule has 27 heavy (non-hydrogen) atoms. The van der Waals surface area contributed by atoms with Gasteiger partial charge in [-0.05, 0) is 35.7 Å². The summed E-state index contributed by atoms with van der Waals surface area (Å²) < 4.78 is 1.72. The Balaban J connectivity index is 1.79. The fourth-order valence-electron chi connectivity index (χ4n) is 3.05. The first-order chi connectivity index (χ1) is 13.2. The molecule has 5 nitrogen and oxygen atoms in total. The number of rotatable bonds is 5. The fourth-order valence-corrected chi connectivity index (χ4v) is 3.05. The van der Waals surface area contributed by atoms with Gasteiger partial charge in [-0.3, -0.25) is 14.3 Å². The molecule has 0 saturated heterocycles. The lowest BCUT2D eigenvalue weighted by Crippen LogP contribution is -2.25. The molecular weight excluding hydrogens is 336 g/mol. The number of hydrogen-bond donors (Lipinski definition) is 1. The number of pyridine rings is 1. The van der Waals surface area contributed by atoms with Crippen LogP contribution >= 0.6 is 0 Å². The third-order valence-corrected chi connectivity index (χ3v) is 4.56. The molecule has 0 amide bonds. The molecule has 0 aliphatic rings. The van der Waals surface area contributed by atoms with Crippen molar-refractivity contribution in [2.75, 3.05) is 5.32 Å². The van der Waals surface area contributed by atoms with Crippen LogP contribution in [0.4, 0.5) is 11.5 Å². The Kier molecular flexibility index (Phi) is 4.66. The van der Waals surface area contributed by atoms with Crippen molar-refractivity contribution in [2.24, 2.45) is 0 Å². The van der Waals surface area contributed by atoms with Gasteiger partial charge in [0.05, 0.1) is 23.8 Å². The van der Waals surface area contributed by atoms with Gasteiger partial charge < -0.3 is 5.32 Å². The Bertz CT molecular complexity index is 1120. The molecule has 2 aromatic carbocycles. The molecule has 0 spiro atoms. The quantitative estimate of drug-likeness (QED) is 0.584. The third-order valence-electron chi connectivity index (χ3n) is 4.56. The van der Waals surface area contributed by atoms with Crippen LogP contribution in [0.3, 0.4) is 0 Å². The van der Waals surface area contributed by atoms with Gasteiger partial charge >= 0.3 is 0 Å². The van der Waals surface area contributed by atoms with E-state index in [0.717, 1.165) is 28.7 Å². The minimum atomic E-state index is -0.168. The van der Waals surface area contributed by atoms with Crippen molar-refractivity contribution in [3.8, 4) is 0 Å². The van der Waals surface area contributed by atoms with Gasteiger partial charge in [-0.15, -0.1) is 0 Å². The Hall–Kier alpha value is -3.47. The molecule has 2 aromatic heterocycles. The van der Waals surface area contributed by atoms with Gasteiger partial charge in [-0.1, -0.05) is 49.4 Å². The fraction of sp³-hybridized carbons (Fsp3) is 0.136. The van der Waals surface area contributed by atoms with E-state index in [-0.39, 0.29) is 5.56 Å². The van der Waals surface area contributed by atoms with Crippen molar-refractivity contribution >= 4 is 22.5 Å². The van der Waals surface area contributed by atoms with E-state index in [4.69, 9.17) is 0 Å². The first-order valence-corrected chi connectivity index (χ1v) is 8.99. The lowest BCUT2D eigenvalue weighted by Gasteiger charge is -2.13. The van der Waals surface area contributed by atoms with E-state index in [1.165, 1.54) is 5.56 Å². The van der Waals surface area contributed by atoms with Crippen LogP contribution in [0.5, 0.6) is 0 Å². The second-order valence-corrected chi connectivity index (χ2v) is 6.38. The summed E-state index contributed by atoms with van der Waals surface area (Å²) in [6.45, 7) is 2.58. The average molecular weight is 356 g/mol. The molecule has 1 N–H and O–H groups in total. The molecule has 0 radical (unpaired) electrons. The van der Waals surface area contributed by atoms with Gasteiger partial charge in [0.25, 0.3) is 5.56 Å². The van der Waals surface area contributed by atoms with Gasteiger partial charge in [0.15, 0.2) is 5.82 Å². The molecule has 5 heteroatoms. The van der Waals surface area contributed by atoms with Crippen LogP contribution in [0.1, 0.15) is 18.1 Å². The molecule has 0 saturated carbocycles. The maximum absolute atomic E-state index is 13.1. The van der Waals surface area contributed by atoms with Crippen molar-refractivity contribution in [1.82, 2.24) is 14.5 Å². The van der Waals surface area contributed by atoms with Crippen LogP contribution in [-0.4, -0.2) is 14.5 Å². The van der Waals surface area contributed by atoms with Gasteiger partial charge in [0, 0.05) is 11.9 Å². The summed E-state index contributed by atoms with van der Waals surface area (Å²) in [4.78, 5) is 21.8. The smallest absolute Gasteiger partial charge is 0.294 e. The highest BCUT2D eigenvalue weighted by Gasteiger charge is 2.12. The van der Waals surface area contributed by atoms with Crippen LogP contribution in [-0.2, 0) is 13.0 Å². The number of anilines is 2. The zero-order valence-electron chi connectivity index (χ0n) is 15.1. The zero-order chi connectivity index (χ0) is 18.6. The van der Waals surface area contributed by atoms with Gasteiger partial charge in [0.2, 0.25) is 0 Å². The number of fused-ring (bicyclic) bond motifs is 1. The first-order valence-electron chi connectivity index (χ1n) is 8.99. The maximum Gasteiger partial charge on any atom is 0.294 e. The molecule has 0 aliphatic carbocycles. The predicted molar refractivity (Wildman–Crippen MR) is 108 cm³/mol. The lowest BCUT2D eigenvalue weighted by atomic mass is 10.1. The molecule has 134 valence electrons. The second kappa shape index (κ2) is 7.41. The summed E-state index contributed by atoms with van der Waals surface area (Å²) in [6, 6.07) is 19.8. The summed E-state index contributed by atoms with van der Waals surface area (Å²) in [5, 5.41) is 3.18. The SMILES string of the molecule is CCc1ccc(Nc2nc3ccncc3n(Cc3ccccc3)c2=O)cc1. The van der Waals surface area contributed by atoms with Crippen LogP contribution in [0.2, 0.25) is 0 Å². The van der Waals surface area contributed by atoms with Gasteiger partial charge in [0.1, 0.15) is 0 Å². The van der Waals surface area contributed by atoms with Crippen molar-refractivity contribution in [2.45, 2.75) is 19.9 Å². The van der Waals surface area contributed by atoms with Crippen LogP contribution in [0.25, 0.3) is 11.0 Å². The highest BCUT2D eigenvalue weighted by Crippen LogP contribution is 2.17. The molecule has 4 aromatic rings. The molecule has 0 unspecified atom stereocenters. The van der Waals surface area contributed by atoms with Crippen LogP contribution in [0, 0.1) is 0 Å². The lowest BCUT2D eigenvalue weighted by molar-refractivity contribution is 0.788. The number of nitrogens with one attached hydrogen (secondary N) is 1. The summed E-state index contributed by atoms with van der Waals surface area (Å²) in [5.41, 5.74) is 4.43. The Morgan fingerprint density at radius 3 is 2.48 bits per heavy atom. The van der Waals surface area contributed by atoms with Crippen LogP contribution < -0.4 is 10.9 Å². The number of aromatic nitrogens is 3. The largest absolute Gasteiger partial charge is 0.336 e. The standard InChI is InChI=1S/C22H20N4O/c1-2-16-8-10-18(11-9-16)24-21-22(27)26(15-17-6-4-3-5-7-17)20-14-23-13-12-19(20)25-21/h3-14H,2,15H2,1H3,(H,24,25). The molecule has 4 rings (SSSR count). The number of aryl methyl sites for hydroxylation is 1. The molecule has 0 aliphatic heterocycles. The molecular formula is C22H20N4O. The van der Waals surface area contributed by atoms with Crippen LogP contribution in [0.15, 0.2) is 77.9 Å². The van der Waals surface area contributed by atoms with Gasteiger partial charge in [-0.2, -0.15) is 0 Å². The Labute approximate surface area is 157 Å². The average Bonchev–Trinajstić information content (AvgIpc) is 2.72. The first kappa shape index (κ1) is 17.0. The summed E-state index contributed by atoms with van der Waals surface area (Å²) in [7, 11) is 0. The summed E-state index contributed by atoms with van der Waals surface area (Å²) in [5.74, 6) is 0.314. The summed E-state index contributed by atoms with van der Waals surface area (Å²) in [6.07, 6.45) is 4.35. The van der Waals surface area contributed by atoms with Crippen molar-refractivity contribution in [3.63, 3.8) is 0 Å². The van der Waals surface area contributed by atoms with Gasteiger partial charge in [-0.25, -0.2) is 4.98 Å². The molecule has 0 fully saturated rings. The maximum atomic E-state index is 13.1. The van der Waals surface area contributed by atoms with E-state index in [0.29, 0.717) is 12.4 Å². The minimum Gasteiger partial charge on any atom is -0.336 e. The predicted octanol–water partition coefficient (Wildman–Crippen LogP) is 4.15. The van der Waals surface area contributed by atoms with E-state index < -0.39 is 0 Å². The summed E-state index contributed by atoms with van der Waals surface area (Å²) >= 11 is 0. The highest BCUT2D eigenvalue weighted by molar-refractivity contribution is 5.76. The molecule has 0 bridgehead atoms. The van der Waals surface area contributed by atoms with E-state index in [1.54, 1.807) is 17.0 Å². The molecule has 0 atom stereocenters. The molecule has 2 heterocycles. The van der Waals surface area contributed by atoms with E-state index in [9.17, 15) is 4.79 Å². The Morgan fingerprint density at radius 1 is 0.963 bits per heavy atom. The third kappa shape index (κ3) is 3.58. The number of benzene rings is 2. The van der Waals surface area contributed by atoms with E-state index in [2.05, 4.69) is 34.3 Å². The van der Waals surface area contributed by atoms with Crippen molar-refractivity contribution in [3.05, 3.63) is 94.5 Å². The Morgan fingerprint density at radius 2 is 1.74 bits per heavy atom. The topological polar surface area (TPSA) is 59.8 Å². The monoisotopic (exact) mass is 356 g/mol. The van der Waals surface area contributed by atoms with Crippen molar-refractivity contribution < 1.29 is 0 Å². The van der Waals surface area contributed by atoms with E-state index in [1.807, 2.05) is 48.5 Å². The number of nitrogens with zero attached hydrogens (tertiary/aromatic N) is 3. The minimum absolute atomic E-state index is 0.168. The van der Waals surface area contributed by atoms with Crippen molar-refractivity contribution in [1.29, 1.82) is 0 Å². The zero-order valence-corrected chi connectivity index (χ0v) is 15.1. The second-order valence-electron chi connectivity index (χ2n) is 6.38. The van der Waals surface area contributed by atoms with E-state index >= 15 is 0 Å². The normalized spacial score (nSPS) is 10.9. The highest BCUT2D eigenvalue weighted by atomic mass is 16.1.